The van der Waals surface area contributed by atoms with Gasteiger partial charge in [-0.15, -0.1) is 0 Å². The molecule has 1 heterocycles. The first-order chi connectivity index (χ1) is 12.0. The number of benzene rings is 1. The Morgan fingerprint density at radius 1 is 0.920 bits per heavy atom. The molecule has 1 aromatic carbocycles. The van der Waals surface area contributed by atoms with E-state index in [2.05, 4.69) is 6.92 Å². The zero-order valence-corrected chi connectivity index (χ0v) is 15.0. The number of rotatable bonds is 0. The molecule has 2 unspecified atom stereocenters. The van der Waals surface area contributed by atoms with Gasteiger partial charge in [0.05, 0.1) is 24.3 Å². The van der Waals surface area contributed by atoms with Crippen molar-refractivity contribution in [2.75, 3.05) is 13.2 Å². The van der Waals surface area contributed by atoms with E-state index in [-0.39, 0.29) is 18.3 Å². The fourth-order valence-corrected chi connectivity index (χ4v) is 2.86. The predicted octanol–water partition coefficient (Wildman–Crippen LogP) is 3.81. The topological polar surface area (TPSA) is 69.7 Å². The summed E-state index contributed by atoms with van der Waals surface area (Å²) in [6, 6.07) is 6.35. The van der Waals surface area contributed by atoms with Crippen LogP contribution in [0.25, 0.3) is 0 Å². The summed E-state index contributed by atoms with van der Waals surface area (Å²) in [4.78, 5) is 36.3. The molecular formula is C20H26O5. The van der Waals surface area contributed by atoms with Crippen LogP contribution in [0.3, 0.4) is 0 Å². The summed E-state index contributed by atoms with van der Waals surface area (Å²) in [5, 5.41) is 0. The molecule has 2 rings (SSSR count). The first-order valence-corrected chi connectivity index (χ1v) is 8.91. The fourth-order valence-electron chi connectivity index (χ4n) is 2.86. The highest BCUT2D eigenvalue weighted by molar-refractivity contribution is 5.95. The summed E-state index contributed by atoms with van der Waals surface area (Å²) in [7, 11) is 0. The third kappa shape index (κ3) is 6.33. The number of fused-ring (bicyclic) bond motifs is 2. The van der Waals surface area contributed by atoms with Crippen molar-refractivity contribution in [2.45, 2.75) is 46.0 Å². The Hall–Kier alpha value is -2.17. The minimum absolute atomic E-state index is 0.0180. The predicted molar refractivity (Wildman–Crippen MR) is 93.4 cm³/mol. The molecule has 1 aliphatic rings. The number of ether oxygens (including phenoxy) is 2. The largest absolute Gasteiger partial charge is 0.462 e. The molecule has 0 amide bonds. The first kappa shape index (κ1) is 19.2. The molecule has 1 aromatic rings. The molecule has 0 saturated carbocycles. The fraction of sp³-hybridized carbons (Fsp3) is 0.550. The van der Waals surface area contributed by atoms with Crippen LogP contribution in [0.5, 0.6) is 0 Å². The van der Waals surface area contributed by atoms with Crippen molar-refractivity contribution < 1.29 is 23.9 Å². The summed E-state index contributed by atoms with van der Waals surface area (Å²) in [5.74, 6) is -0.333. The van der Waals surface area contributed by atoms with Crippen LogP contribution in [0.4, 0.5) is 0 Å². The lowest BCUT2D eigenvalue weighted by molar-refractivity contribution is -0.120. The standard InChI is InChI=1S/C20H26O5/c1-14-5-4-10-24-19(22)16-6-3-7-17(12-16)20(23)25-13-15(2)11-18(21)9-8-14/h3,6-7,12,14-15H,4-5,8-11,13H2,1-2H3. The Bertz CT molecular complexity index is 622. The zero-order valence-electron chi connectivity index (χ0n) is 15.0. The number of hydrogen-bond acceptors (Lipinski definition) is 5. The molecule has 5 heteroatoms. The molecule has 25 heavy (non-hydrogen) atoms. The average Bonchev–Trinajstić information content (AvgIpc) is 2.60. The third-order valence-corrected chi connectivity index (χ3v) is 4.40. The Balaban J connectivity index is 2.09. The molecule has 0 saturated heterocycles. The second-order valence-electron chi connectivity index (χ2n) is 6.95. The molecule has 2 bridgehead atoms. The lowest BCUT2D eigenvalue weighted by Crippen LogP contribution is -2.16. The first-order valence-electron chi connectivity index (χ1n) is 8.91. The normalized spacial score (nSPS) is 24.2. The zero-order chi connectivity index (χ0) is 18.2. The molecule has 0 aromatic heterocycles. The molecule has 0 fully saturated rings. The SMILES string of the molecule is CC1CCCOC(=O)c2cccc(c2)C(=O)OCC(C)CC(=O)CC1. The minimum atomic E-state index is -0.494. The Kier molecular flexibility index (Phi) is 7.16. The molecule has 0 spiro atoms. The van der Waals surface area contributed by atoms with Crippen molar-refractivity contribution in [3.63, 3.8) is 0 Å². The van der Waals surface area contributed by atoms with Crippen molar-refractivity contribution >= 4 is 17.7 Å². The van der Waals surface area contributed by atoms with Crippen molar-refractivity contribution in [3.8, 4) is 0 Å². The quantitative estimate of drug-likeness (QED) is 0.668. The van der Waals surface area contributed by atoms with E-state index in [9.17, 15) is 14.4 Å². The van der Waals surface area contributed by atoms with Gasteiger partial charge >= 0.3 is 11.9 Å². The molecule has 0 radical (unpaired) electrons. The van der Waals surface area contributed by atoms with Gasteiger partial charge in [-0.25, -0.2) is 9.59 Å². The third-order valence-electron chi connectivity index (χ3n) is 4.40. The number of ketones is 1. The van der Waals surface area contributed by atoms with Crippen molar-refractivity contribution in [1.29, 1.82) is 0 Å². The molecular weight excluding hydrogens is 320 g/mol. The van der Waals surface area contributed by atoms with E-state index < -0.39 is 11.9 Å². The number of esters is 2. The van der Waals surface area contributed by atoms with Gasteiger partial charge in [0.25, 0.3) is 0 Å². The summed E-state index contributed by atoms with van der Waals surface area (Å²) >= 11 is 0. The second-order valence-corrected chi connectivity index (χ2v) is 6.95. The summed E-state index contributed by atoms with van der Waals surface area (Å²) in [6.07, 6.45) is 3.47. The highest BCUT2D eigenvalue weighted by atomic mass is 16.5. The van der Waals surface area contributed by atoms with Crippen LogP contribution in [0.15, 0.2) is 24.3 Å². The van der Waals surface area contributed by atoms with Gasteiger partial charge in [0, 0.05) is 12.8 Å². The molecule has 136 valence electrons. The van der Waals surface area contributed by atoms with Crippen LogP contribution in [0.1, 0.15) is 66.7 Å². The van der Waals surface area contributed by atoms with Gasteiger partial charge < -0.3 is 9.47 Å². The monoisotopic (exact) mass is 346 g/mol. The van der Waals surface area contributed by atoms with Crippen molar-refractivity contribution in [2.24, 2.45) is 11.8 Å². The molecule has 5 nitrogen and oxygen atoms in total. The smallest absolute Gasteiger partial charge is 0.338 e. The Morgan fingerprint density at radius 3 is 2.32 bits per heavy atom. The Morgan fingerprint density at radius 2 is 1.60 bits per heavy atom. The van der Waals surface area contributed by atoms with Crippen LogP contribution in [0.2, 0.25) is 0 Å². The van der Waals surface area contributed by atoms with Gasteiger partial charge in [-0.1, -0.05) is 19.9 Å². The lowest BCUT2D eigenvalue weighted by Gasteiger charge is -2.13. The van der Waals surface area contributed by atoms with Crippen molar-refractivity contribution in [1.82, 2.24) is 0 Å². The number of carbonyl (C=O) groups excluding carboxylic acids is 3. The second kappa shape index (κ2) is 9.35. The molecule has 1 aliphatic heterocycles. The van der Waals surface area contributed by atoms with Gasteiger partial charge in [-0.05, 0) is 49.3 Å². The molecule has 2 atom stereocenters. The van der Waals surface area contributed by atoms with Gasteiger partial charge in [-0.3, -0.25) is 4.79 Å². The van der Waals surface area contributed by atoms with E-state index in [1.165, 1.54) is 6.07 Å². The maximum atomic E-state index is 12.1. The van der Waals surface area contributed by atoms with E-state index >= 15 is 0 Å². The van der Waals surface area contributed by atoms with Gasteiger partial charge in [0.1, 0.15) is 5.78 Å². The summed E-state index contributed by atoms with van der Waals surface area (Å²) in [6.45, 7) is 4.53. The van der Waals surface area contributed by atoms with Crippen molar-refractivity contribution in [3.05, 3.63) is 35.4 Å². The summed E-state index contributed by atoms with van der Waals surface area (Å²) in [5.41, 5.74) is 0.654. The van der Waals surface area contributed by atoms with E-state index in [1.54, 1.807) is 18.2 Å². The number of hydrogen-bond donors (Lipinski definition) is 0. The van der Waals surface area contributed by atoms with Crippen LogP contribution in [0, 0.1) is 11.8 Å². The van der Waals surface area contributed by atoms with Crippen LogP contribution in [-0.4, -0.2) is 30.9 Å². The molecule has 0 N–H and O–H groups in total. The van der Waals surface area contributed by atoms with Gasteiger partial charge in [0.15, 0.2) is 0 Å². The van der Waals surface area contributed by atoms with Crippen LogP contribution >= 0.6 is 0 Å². The Labute approximate surface area is 148 Å². The number of carbonyl (C=O) groups is 3. The summed E-state index contributed by atoms with van der Waals surface area (Å²) < 4.78 is 10.6. The van der Waals surface area contributed by atoms with E-state index in [0.29, 0.717) is 36.5 Å². The maximum absolute atomic E-state index is 12.1. The molecule has 0 aliphatic carbocycles. The van der Waals surface area contributed by atoms with Gasteiger partial charge in [-0.2, -0.15) is 0 Å². The van der Waals surface area contributed by atoms with Gasteiger partial charge in [0.2, 0.25) is 0 Å². The van der Waals surface area contributed by atoms with Crippen LogP contribution < -0.4 is 0 Å². The number of cyclic esters (lactones) is 2. The number of Topliss-reactive ketones (excluding diaryl/α,β-unsaturated/α-hetero) is 1. The highest BCUT2D eigenvalue weighted by Gasteiger charge is 2.16. The maximum Gasteiger partial charge on any atom is 0.338 e. The minimum Gasteiger partial charge on any atom is -0.462 e. The van der Waals surface area contributed by atoms with E-state index in [0.717, 1.165) is 19.3 Å². The van der Waals surface area contributed by atoms with Crippen LogP contribution in [-0.2, 0) is 14.3 Å². The highest BCUT2D eigenvalue weighted by Crippen LogP contribution is 2.17. The average molecular weight is 346 g/mol. The van der Waals surface area contributed by atoms with E-state index in [1.807, 2.05) is 6.92 Å². The van der Waals surface area contributed by atoms with E-state index in [4.69, 9.17) is 9.47 Å². The lowest BCUT2D eigenvalue weighted by atomic mass is 9.95.